The lowest BCUT2D eigenvalue weighted by Gasteiger charge is -2.42. The minimum Gasteiger partial charge on any atom is -0.462 e. The smallest absolute Gasteiger partial charge is 0.229 e. The SMILES string of the molecule is CC(C)c1ccc(CO)c(O[C@@H]2O[C@H](CO[C@@H]3O[C@H](CO)[C@@H](O)[C@H](O)[C@@H]3O)[C@@H](O)[C@H](O)[C@H]2O)c1. The first-order chi connectivity index (χ1) is 16.1. The second-order valence-corrected chi connectivity index (χ2v) is 8.84. The first-order valence-corrected chi connectivity index (χ1v) is 11.1. The number of ether oxygens (including phenoxy) is 4. The Labute approximate surface area is 196 Å². The van der Waals surface area contributed by atoms with Crippen LogP contribution in [0.25, 0.3) is 0 Å². The van der Waals surface area contributed by atoms with Crippen molar-refractivity contribution in [1.29, 1.82) is 0 Å². The molecule has 2 aliphatic heterocycles. The van der Waals surface area contributed by atoms with Gasteiger partial charge in [0.05, 0.1) is 19.8 Å². The topological polar surface area (TPSA) is 199 Å². The fraction of sp³-hybridized carbons (Fsp3) is 0.727. The van der Waals surface area contributed by atoms with E-state index in [1.807, 2.05) is 19.9 Å². The Hall–Kier alpha value is -1.42. The van der Waals surface area contributed by atoms with Gasteiger partial charge < -0.3 is 59.8 Å². The first kappa shape index (κ1) is 27.2. The monoisotopic (exact) mass is 490 g/mol. The van der Waals surface area contributed by atoms with Gasteiger partial charge in [0, 0.05) is 5.56 Å². The zero-order chi connectivity index (χ0) is 25.2. The highest BCUT2D eigenvalue weighted by Crippen LogP contribution is 2.30. The summed E-state index contributed by atoms with van der Waals surface area (Å²) in [4.78, 5) is 0. The number of benzene rings is 1. The van der Waals surface area contributed by atoms with Gasteiger partial charge in [0.1, 0.15) is 54.6 Å². The molecule has 10 atom stereocenters. The van der Waals surface area contributed by atoms with Crippen molar-refractivity contribution in [1.82, 2.24) is 0 Å². The lowest BCUT2D eigenvalue weighted by atomic mass is 9.98. The van der Waals surface area contributed by atoms with E-state index in [2.05, 4.69) is 0 Å². The molecule has 8 N–H and O–H groups in total. The molecule has 1 aromatic carbocycles. The van der Waals surface area contributed by atoms with Crippen LogP contribution in [0.3, 0.4) is 0 Å². The van der Waals surface area contributed by atoms with Gasteiger partial charge in [-0.1, -0.05) is 26.0 Å². The average molecular weight is 491 g/mol. The molecule has 2 heterocycles. The molecule has 194 valence electrons. The largest absolute Gasteiger partial charge is 0.462 e. The fourth-order valence-corrected chi connectivity index (χ4v) is 3.84. The molecule has 0 aliphatic carbocycles. The third-order valence-corrected chi connectivity index (χ3v) is 6.11. The number of aliphatic hydroxyl groups is 8. The van der Waals surface area contributed by atoms with E-state index in [1.165, 1.54) is 0 Å². The first-order valence-electron chi connectivity index (χ1n) is 11.1. The molecule has 0 unspecified atom stereocenters. The van der Waals surface area contributed by atoms with E-state index in [0.29, 0.717) is 5.56 Å². The van der Waals surface area contributed by atoms with E-state index in [4.69, 9.17) is 18.9 Å². The molecule has 0 saturated carbocycles. The maximum Gasteiger partial charge on any atom is 0.229 e. The molecule has 34 heavy (non-hydrogen) atoms. The fourth-order valence-electron chi connectivity index (χ4n) is 3.84. The third kappa shape index (κ3) is 5.69. The van der Waals surface area contributed by atoms with Crippen molar-refractivity contribution < 1.29 is 59.8 Å². The van der Waals surface area contributed by atoms with E-state index >= 15 is 0 Å². The van der Waals surface area contributed by atoms with Crippen LogP contribution in [0, 0.1) is 0 Å². The summed E-state index contributed by atoms with van der Waals surface area (Å²) in [5, 5.41) is 79.9. The van der Waals surface area contributed by atoms with Gasteiger partial charge in [-0.2, -0.15) is 0 Å². The molecule has 2 saturated heterocycles. The number of hydrogen-bond acceptors (Lipinski definition) is 12. The normalized spacial score (nSPS) is 38.8. The van der Waals surface area contributed by atoms with Crippen molar-refractivity contribution in [2.45, 2.75) is 87.8 Å². The molecule has 3 rings (SSSR count). The van der Waals surface area contributed by atoms with Crippen LogP contribution in [0.4, 0.5) is 0 Å². The Balaban J connectivity index is 1.71. The van der Waals surface area contributed by atoms with Crippen molar-refractivity contribution in [3.63, 3.8) is 0 Å². The maximum absolute atomic E-state index is 10.4. The summed E-state index contributed by atoms with van der Waals surface area (Å²) >= 11 is 0. The van der Waals surface area contributed by atoms with Crippen LogP contribution in [0.5, 0.6) is 5.75 Å². The van der Waals surface area contributed by atoms with E-state index in [0.717, 1.165) is 5.56 Å². The van der Waals surface area contributed by atoms with E-state index in [9.17, 15) is 40.9 Å². The van der Waals surface area contributed by atoms with E-state index in [-0.39, 0.29) is 18.3 Å². The zero-order valence-corrected chi connectivity index (χ0v) is 18.9. The molecule has 0 amide bonds. The van der Waals surface area contributed by atoms with Crippen LogP contribution < -0.4 is 4.74 Å². The average Bonchev–Trinajstić information content (AvgIpc) is 2.83. The molecular formula is C22H34O12. The molecule has 2 fully saturated rings. The predicted molar refractivity (Wildman–Crippen MR) is 113 cm³/mol. The molecule has 0 aromatic heterocycles. The molecule has 0 bridgehead atoms. The summed E-state index contributed by atoms with van der Waals surface area (Å²) < 4.78 is 22.0. The number of aliphatic hydroxyl groups excluding tert-OH is 8. The molecule has 0 radical (unpaired) electrons. The van der Waals surface area contributed by atoms with E-state index < -0.39 is 74.6 Å². The van der Waals surface area contributed by atoms with Crippen LogP contribution in [-0.4, -0.2) is 115 Å². The standard InChI is InChI=1S/C22H34O12/c1-9(2)10-3-4-11(6-23)12(5-10)32-22-20(30)18(28)16(26)14(34-22)8-31-21-19(29)17(27)15(25)13(7-24)33-21/h3-5,9,13-30H,6-8H2,1-2H3/t13-,14-,15-,16-,17+,18+,19+,20-,21-,22-/m1/s1. The van der Waals surface area contributed by atoms with Crippen LogP contribution in [0.1, 0.15) is 30.9 Å². The highest BCUT2D eigenvalue weighted by molar-refractivity contribution is 5.38. The van der Waals surface area contributed by atoms with Crippen molar-refractivity contribution in [2.75, 3.05) is 13.2 Å². The van der Waals surface area contributed by atoms with Crippen LogP contribution in [0.2, 0.25) is 0 Å². The molecule has 12 heteroatoms. The van der Waals surface area contributed by atoms with Gasteiger partial charge in [0.25, 0.3) is 0 Å². The zero-order valence-electron chi connectivity index (χ0n) is 18.9. The van der Waals surface area contributed by atoms with Gasteiger partial charge in [0.15, 0.2) is 6.29 Å². The highest BCUT2D eigenvalue weighted by atomic mass is 16.7. The van der Waals surface area contributed by atoms with Gasteiger partial charge in [-0.25, -0.2) is 0 Å². The van der Waals surface area contributed by atoms with Crippen molar-refractivity contribution in [3.8, 4) is 5.75 Å². The summed E-state index contributed by atoms with van der Waals surface area (Å²) in [7, 11) is 0. The molecule has 0 spiro atoms. The van der Waals surface area contributed by atoms with Crippen molar-refractivity contribution >= 4 is 0 Å². The van der Waals surface area contributed by atoms with Crippen molar-refractivity contribution in [2.24, 2.45) is 0 Å². The number of hydrogen-bond donors (Lipinski definition) is 8. The molecular weight excluding hydrogens is 456 g/mol. The van der Waals surface area contributed by atoms with Gasteiger partial charge in [-0.15, -0.1) is 0 Å². The molecule has 1 aromatic rings. The van der Waals surface area contributed by atoms with Crippen molar-refractivity contribution in [3.05, 3.63) is 29.3 Å². The van der Waals surface area contributed by atoms with Crippen LogP contribution in [0.15, 0.2) is 18.2 Å². The van der Waals surface area contributed by atoms with Gasteiger partial charge in [0.2, 0.25) is 6.29 Å². The molecule has 12 nitrogen and oxygen atoms in total. The highest BCUT2D eigenvalue weighted by Gasteiger charge is 2.48. The summed E-state index contributed by atoms with van der Waals surface area (Å²) in [5.41, 5.74) is 1.33. The maximum atomic E-state index is 10.4. The predicted octanol–water partition coefficient (Wildman–Crippen LogP) is -2.69. The Morgan fingerprint density at radius 2 is 1.38 bits per heavy atom. The second kappa shape index (κ2) is 11.5. The Morgan fingerprint density at radius 1 is 0.794 bits per heavy atom. The second-order valence-electron chi connectivity index (χ2n) is 8.84. The van der Waals surface area contributed by atoms with Gasteiger partial charge in [-0.3, -0.25) is 0 Å². The van der Waals surface area contributed by atoms with Gasteiger partial charge in [-0.05, 0) is 17.5 Å². The van der Waals surface area contributed by atoms with Gasteiger partial charge >= 0.3 is 0 Å². The van der Waals surface area contributed by atoms with Crippen LogP contribution in [-0.2, 0) is 20.8 Å². The summed E-state index contributed by atoms with van der Waals surface area (Å²) in [5.74, 6) is 0.384. The lowest BCUT2D eigenvalue weighted by Crippen LogP contribution is -2.62. The van der Waals surface area contributed by atoms with Crippen LogP contribution >= 0.6 is 0 Å². The third-order valence-electron chi connectivity index (χ3n) is 6.11. The molecule has 2 aliphatic rings. The Bertz CT molecular complexity index is 789. The summed E-state index contributed by atoms with van der Waals surface area (Å²) in [6.07, 6.45) is -15.1. The lowest BCUT2D eigenvalue weighted by molar-refractivity contribution is -0.323. The summed E-state index contributed by atoms with van der Waals surface area (Å²) in [6.45, 7) is 2.49. The minimum absolute atomic E-state index is 0.152. The summed E-state index contributed by atoms with van der Waals surface area (Å²) in [6, 6.07) is 5.19. The quantitative estimate of drug-likeness (QED) is 0.188. The van der Waals surface area contributed by atoms with E-state index in [1.54, 1.807) is 12.1 Å². The minimum atomic E-state index is -1.67. The Kier molecular flexibility index (Phi) is 9.23. The Morgan fingerprint density at radius 3 is 1.97 bits per heavy atom. The number of rotatable bonds is 8.